The molecule has 1 aliphatic rings. The van der Waals surface area contributed by atoms with Gasteiger partial charge >= 0.3 is 0 Å². The van der Waals surface area contributed by atoms with Gasteiger partial charge in [0.25, 0.3) is 0 Å². The summed E-state index contributed by atoms with van der Waals surface area (Å²) in [5, 5.41) is 6.10. The fourth-order valence-electron chi connectivity index (χ4n) is 1.83. The zero-order valence-electron chi connectivity index (χ0n) is 11.6. The topological polar surface area (TPSA) is 50.4 Å². The van der Waals surface area contributed by atoms with Crippen molar-refractivity contribution in [3.63, 3.8) is 0 Å². The minimum atomic E-state index is 0.0806. The summed E-state index contributed by atoms with van der Waals surface area (Å²) in [5.74, 6) is 0.953. The second kappa shape index (κ2) is 6.57. The Labute approximate surface area is 114 Å². The third-order valence-electron chi connectivity index (χ3n) is 2.83. The predicted molar refractivity (Wildman–Crippen MR) is 75.1 cm³/mol. The summed E-state index contributed by atoms with van der Waals surface area (Å²) in [6.07, 6.45) is 2.42. The molecular formula is C15H22N2O2. The summed E-state index contributed by atoms with van der Waals surface area (Å²) in [5.41, 5.74) is 1.12. The molecule has 0 aliphatic heterocycles. The molecule has 4 heteroatoms. The Kier molecular flexibility index (Phi) is 4.80. The first kappa shape index (κ1) is 13.9. The Morgan fingerprint density at radius 2 is 2.21 bits per heavy atom. The van der Waals surface area contributed by atoms with E-state index in [9.17, 15) is 4.79 Å². The van der Waals surface area contributed by atoms with E-state index in [4.69, 9.17) is 4.74 Å². The largest absolute Gasteiger partial charge is 0.491 e. The molecule has 2 rings (SSSR count). The van der Waals surface area contributed by atoms with Crippen molar-refractivity contribution in [2.45, 2.75) is 45.4 Å². The van der Waals surface area contributed by atoms with Crippen LogP contribution in [-0.4, -0.2) is 24.6 Å². The number of carbonyl (C=O) groups excluding carboxylic acids is 1. The lowest BCUT2D eigenvalue weighted by atomic mass is 10.2. The molecule has 1 aromatic rings. The van der Waals surface area contributed by atoms with Crippen LogP contribution in [0.3, 0.4) is 0 Å². The van der Waals surface area contributed by atoms with Gasteiger partial charge in [-0.15, -0.1) is 0 Å². The molecule has 0 spiro atoms. The van der Waals surface area contributed by atoms with Crippen LogP contribution in [0.15, 0.2) is 24.3 Å². The van der Waals surface area contributed by atoms with Gasteiger partial charge in [-0.2, -0.15) is 0 Å². The monoisotopic (exact) mass is 262 g/mol. The van der Waals surface area contributed by atoms with E-state index in [0.29, 0.717) is 19.1 Å². The summed E-state index contributed by atoms with van der Waals surface area (Å²) in [7, 11) is 0. The SMILES string of the molecule is CC(C)Oc1cccc(CNCC(=O)NC2CC2)c1. The fourth-order valence-corrected chi connectivity index (χ4v) is 1.83. The zero-order valence-corrected chi connectivity index (χ0v) is 11.6. The molecule has 1 aromatic carbocycles. The van der Waals surface area contributed by atoms with Gasteiger partial charge in [0.1, 0.15) is 5.75 Å². The molecule has 2 N–H and O–H groups in total. The third-order valence-corrected chi connectivity index (χ3v) is 2.83. The zero-order chi connectivity index (χ0) is 13.7. The molecular weight excluding hydrogens is 240 g/mol. The lowest BCUT2D eigenvalue weighted by Gasteiger charge is -2.11. The molecule has 1 fully saturated rings. The molecule has 0 saturated heterocycles. The second-order valence-corrected chi connectivity index (χ2v) is 5.26. The fraction of sp³-hybridized carbons (Fsp3) is 0.533. The Morgan fingerprint density at radius 3 is 2.89 bits per heavy atom. The highest BCUT2D eigenvalue weighted by Crippen LogP contribution is 2.18. The Bertz CT molecular complexity index is 428. The van der Waals surface area contributed by atoms with Gasteiger partial charge in [0.15, 0.2) is 0 Å². The summed E-state index contributed by atoms with van der Waals surface area (Å²) < 4.78 is 5.64. The van der Waals surface area contributed by atoms with Crippen molar-refractivity contribution in [1.82, 2.24) is 10.6 Å². The van der Waals surface area contributed by atoms with E-state index in [0.717, 1.165) is 24.2 Å². The van der Waals surface area contributed by atoms with Crippen LogP contribution in [0, 0.1) is 0 Å². The van der Waals surface area contributed by atoms with E-state index < -0.39 is 0 Å². The molecule has 1 amide bonds. The number of ether oxygens (including phenoxy) is 1. The van der Waals surface area contributed by atoms with Crippen LogP contribution in [0.25, 0.3) is 0 Å². The van der Waals surface area contributed by atoms with Crippen LogP contribution in [0.1, 0.15) is 32.3 Å². The van der Waals surface area contributed by atoms with Crippen molar-refractivity contribution >= 4 is 5.91 Å². The number of hydrogen-bond acceptors (Lipinski definition) is 3. The molecule has 0 aromatic heterocycles. The minimum Gasteiger partial charge on any atom is -0.491 e. The van der Waals surface area contributed by atoms with Crippen LogP contribution in [0.2, 0.25) is 0 Å². The lowest BCUT2D eigenvalue weighted by molar-refractivity contribution is -0.120. The first-order valence-electron chi connectivity index (χ1n) is 6.89. The average Bonchev–Trinajstić information content (AvgIpc) is 3.12. The molecule has 104 valence electrons. The highest BCUT2D eigenvalue weighted by atomic mass is 16.5. The summed E-state index contributed by atoms with van der Waals surface area (Å²) in [6, 6.07) is 8.38. The first-order valence-corrected chi connectivity index (χ1v) is 6.89. The van der Waals surface area contributed by atoms with Crippen LogP contribution >= 0.6 is 0 Å². The van der Waals surface area contributed by atoms with Crippen molar-refractivity contribution < 1.29 is 9.53 Å². The highest BCUT2D eigenvalue weighted by molar-refractivity contribution is 5.78. The van der Waals surface area contributed by atoms with E-state index in [-0.39, 0.29) is 12.0 Å². The summed E-state index contributed by atoms with van der Waals surface area (Å²) in [6.45, 7) is 5.05. The number of benzene rings is 1. The molecule has 0 heterocycles. The van der Waals surface area contributed by atoms with Crippen LogP contribution in [-0.2, 0) is 11.3 Å². The van der Waals surface area contributed by atoms with E-state index in [2.05, 4.69) is 10.6 Å². The number of hydrogen-bond donors (Lipinski definition) is 2. The quantitative estimate of drug-likeness (QED) is 0.788. The first-order chi connectivity index (χ1) is 9.13. The predicted octanol–water partition coefficient (Wildman–Crippen LogP) is 1.84. The maximum atomic E-state index is 11.5. The van der Waals surface area contributed by atoms with E-state index >= 15 is 0 Å². The second-order valence-electron chi connectivity index (χ2n) is 5.26. The Balaban J connectivity index is 1.73. The maximum absolute atomic E-state index is 11.5. The Hall–Kier alpha value is -1.55. The van der Waals surface area contributed by atoms with Gasteiger partial charge in [0.2, 0.25) is 5.91 Å². The molecule has 0 radical (unpaired) electrons. The molecule has 0 bridgehead atoms. The molecule has 0 unspecified atom stereocenters. The minimum absolute atomic E-state index is 0.0806. The van der Waals surface area contributed by atoms with Gasteiger partial charge in [0, 0.05) is 12.6 Å². The molecule has 1 saturated carbocycles. The normalized spacial score (nSPS) is 14.5. The van der Waals surface area contributed by atoms with E-state index in [1.165, 1.54) is 0 Å². The summed E-state index contributed by atoms with van der Waals surface area (Å²) >= 11 is 0. The van der Waals surface area contributed by atoms with Gasteiger partial charge < -0.3 is 15.4 Å². The van der Waals surface area contributed by atoms with Crippen molar-refractivity contribution in [2.75, 3.05) is 6.54 Å². The van der Waals surface area contributed by atoms with Crippen LogP contribution < -0.4 is 15.4 Å². The lowest BCUT2D eigenvalue weighted by Crippen LogP contribution is -2.34. The van der Waals surface area contributed by atoms with Crippen LogP contribution in [0.5, 0.6) is 5.75 Å². The number of amides is 1. The van der Waals surface area contributed by atoms with Gasteiger partial charge in [0.05, 0.1) is 12.6 Å². The molecule has 0 atom stereocenters. The third kappa shape index (κ3) is 5.30. The molecule has 1 aliphatic carbocycles. The van der Waals surface area contributed by atoms with Crippen LogP contribution in [0.4, 0.5) is 0 Å². The van der Waals surface area contributed by atoms with E-state index in [1.54, 1.807) is 0 Å². The van der Waals surface area contributed by atoms with Crippen molar-refractivity contribution in [3.8, 4) is 5.75 Å². The van der Waals surface area contributed by atoms with Crippen molar-refractivity contribution in [1.29, 1.82) is 0 Å². The van der Waals surface area contributed by atoms with Crippen molar-refractivity contribution in [2.24, 2.45) is 0 Å². The Morgan fingerprint density at radius 1 is 1.42 bits per heavy atom. The van der Waals surface area contributed by atoms with Gasteiger partial charge in [-0.3, -0.25) is 4.79 Å². The number of carbonyl (C=O) groups is 1. The van der Waals surface area contributed by atoms with Gasteiger partial charge in [-0.05, 0) is 44.4 Å². The smallest absolute Gasteiger partial charge is 0.234 e. The number of rotatable bonds is 7. The van der Waals surface area contributed by atoms with Gasteiger partial charge in [-0.25, -0.2) is 0 Å². The van der Waals surface area contributed by atoms with Gasteiger partial charge in [-0.1, -0.05) is 12.1 Å². The standard InChI is InChI=1S/C15H22N2O2/c1-11(2)19-14-5-3-4-12(8-14)9-16-10-15(18)17-13-6-7-13/h3-5,8,11,13,16H,6-7,9-10H2,1-2H3,(H,17,18). The summed E-state index contributed by atoms with van der Waals surface area (Å²) in [4.78, 5) is 11.5. The average molecular weight is 262 g/mol. The highest BCUT2D eigenvalue weighted by Gasteiger charge is 2.22. The maximum Gasteiger partial charge on any atom is 0.234 e. The molecule has 19 heavy (non-hydrogen) atoms. The van der Waals surface area contributed by atoms with Crippen molar-refractivity contribution in [3.05, 3.63) is 29.8 Å². The van der Waals surface area contributed by atoms with E-state index in [1.807, 2.05) is 38.1 Å². The molecule has 4 nitrogen and oxygen atoms in total. The number of nitrogens with one attached hydrogen (secondary N) is 2.